The molecule has 0 spiro atoms. The highest BCUT2D eigenvalue weighted by Gasteiger charge is 2.29. The Morgan fingerprint density at radius 1 is 1.00 bits per heavy atom. The van der Waals surface area contributed by atoms with Crippen LogP contribution in [-0.2, 0) is 6.54 Å². The maximum atomic E-state index is 12.9. The van der Waals surface area contributed by atoms with E-state index >= 15 is 0 Å². The third kappa shape index (κ3) is 3.14. The topological polar surface area (TPSA) is 68.0 Å². The van der Waals surface area contributed by atoms with Crippen molar-refractivity contribution in [2.24, 2.45) is 0 Å². The van der Waals surface area contributed by atoms with Crippen LogP contribution in [0.5, 0.6) is 0 Å². The van der Waals surface area contributed by atoms with Crippen LogP contribution in [0.4, 0.5) is 0 Å². The summed E-state index contributed by atoms with van der Waals surface area (Å²) in [7, 11) is 0. The van der Waals surface area contributed by atoms with E-state index in [1.54, 1.807) is 0 Å². The summed E-state index contributed by atoms with van der Waals surface area (Å²) in [5.41, 5.74) is 3.90. The molecule has 0 aliphatic carbocycles. The molecule has 0 fully saturated rings. The van der Waals surface area contributed by atoms with Gasteiger partial charge in [0.05, 0.1) is 23.3 Å². The van der Waals surface area contributed by atoms with Gasteiger partial charge in [-0.25, -0.2) is 4.98 Å². The standard InChI is InChI=1S/C24H14BrN3O2S2/c25-15-8-6-13(7-9-15)16-12-31-24(26-16)20-18(29)11-28-17-10-19(14-4-2-1-3-5-14)32-21(17)23(30)27-22(20)28/h1-10,12,29H,11H2. The van der Waals surface area contributed by atoms with Crippen LogP contribution in [0.2, 0.25) is 0 Å². The normalized spacial score (nSPS) is 13.2. The van der Waals surface area contributed by atoms with Gasteiger partial charge in [-0.3, -0.25) is 4.79 Å². The Labute approximate surface area is 199 Å². The van der Waals surface area contributed by atoms with Gasteiger partial charge < -0.3 is 9.67 Å². The summed E-state index contributed by atoms with van der Waals surface area (Å²) < 4.78 is 3.50. The number of fused-ring (bicyclic) bond motifs is 3. The first-order valence-electron chi connectivity index (χ1n) is 9.82. The highest BCUT2D eigenvalue weighted by atomic mass is 79.9. The van der Waals surface area contributed by atoms with Crippen molar-refractivity contribution in [3.05, 3.63) is 97.5 Å². The Morgan fingerprint density at radius 2 is 1.78 bits per heavy atom. The van der Waals surface area contributed by atoms with Gasteiger partial charge in [-0.05, 0) is 23.8 Å². The molecule has 0 unspecified atom stereocenters. The average Bonchev–Trinajstić information content (AvgIpc) is 3.52. The molecule has 32 heavy (non-hydrogen) atoms. The van der Waals surface area contributed by atoms with Gasteiger partial charge in [-0.2, -0.15) is 4.98 Å². The van der Waals surface area contributed by atoms with Gasteiger partial charge in [-0.1, -0.05) is 58.4 Å². The maximum absolute atomic E-state index is 12.9. The summed E-state index contributed by atoms with van der Waals surface area (Å²) in [6.45, 7) is 0.270. The fourth-order valence-electron chi connectivity index (χ4n) is 3.87. The molecule has 4 heterocycles. The minimum atomic E-state index is -0.282. The van der Waals surface area contributed by atoms with Crippen LogP contribution in [0, 0.1) is 0 Å². The largest absolute Gasteiger partial charge is 0.510 e. The van der Waals surface area contributed by atoms with Crippen LogP contribution in [0.25, 0.3) is 37.5 Å². The zero-order valence-electron chi connectivity index (χ0n) is 16.4. The van der Waals surface area contributed by atoms with Crippen molar-refractivity contribution in [1.82, 2.24) is 14.5 Å². The molecule has 1 N–H and O–H groups in total. The van der Waals surface area contributed by atoms with E-state index in [0.29, 0.717) is 21.1 Å². The lowest BCUT2D eigenvalue weighted by Crippen LogP contribution is -2.14. The van der Waals surface area contributed by atoms with Gasteiger partial charge in [-0.15, -0.1) is 22.7 Å². The van der Waals surface area contributed by atoms with Crippen molar-refractivity contribution in [1.29, 1.82) is 0 Å². The van der Waals surface area contributed by atoms with Gasteiger partial charge in [0, 0.05) is 20.3 Å². The Hall–Kier alpha value is -3.07. The maximum Gasteiger partial charge on any atom is 0.291 e. The van der Waals surface area contributed by atoms with E-state index in [1.807, 2.05) is 70.6 Å². The number of benzene rings is 2. The number of thiazole rings is 1. The van der Waals surface area contributed by atoms with Crippen LogP contribution >= 0.6 is 38.6 Å². The first-order chi connectivity index (χ1) is 15.6. The highest BCUT2D eigenvalue weighted by molar-refractivity contribution is 9.10. The molecule has 1 aliphatic heterocycles. The predicted octanol–water partition coefficient (Wildman–Crippen LogP) is 6.34. The van der Waals surface area contributed by atoms with Crippen LogP contribution in [0.3, 0.4) is 0 Å². The van der Waals surface area contributed by atoms with Crippen LogP contribution in [-0.4, -0.2) is 19.6 Å². The fraction of sp³-hybridized carbons (Fsp3) is 0.0417. The van der Waals surface area contributed by atoms with E-state index in [-0.39, 0.29) is 17.9 Å². The number of rotatable bonds is 3. The number of aliphatic hydroxyl groups is 1. The van der Waals surface area contributed by atoms with Crippen LogP contribution < -0.4 is 5.56 Å². The third-order valence-electron chi connectivity index (χ3n) is 5.40. The summed E-state index contributed by atoms with van der Waals surface area (Å²) >= 11 is 6.31. The molecule has 3 aromatic heterocycles. The SMILES string of the molecule is O=c1nc2n(c3cc(-c4ccccc4)sc13)CC(O)=C2c1nc(-c2ccc(Br)cc2)cs1. The lowest BCUT2D eigenvalue weighted by atomic mass is 10.2. The second kappa shape index (κ2) is 7.51. The minimum Gasteiger partial charge on any atom is -0.510 e. The molecule has 6 rings (SSSR count). The summed E-state index contributed by atoms with van der Waals surface area (Å²) in [6.07, 6.45) is 0. The van der Waals surface area contributed by atoms with E-state index < -0.39 is 0 Å². The molecule has 0 amide bonds. The molecule has 1 aliphatic rings. The summed E-state index contributed by atoms with van der Waals surface area (Å²) in [5.74, 6) is 0.641. The lowest BCUT2D eigenvalue weighted by Gasteiger charge is -2.05. The highest BCUT2D eigenvalue weighted by Crippen LogP contribution is 2.38. The Bertz CT molecular complexity index is 1580. The van der Waals surface area contributed by atoms with Crippen molar-refractivity contribution >= 4 is 54.4 Å². The van der Waals surface area contributed by atoms with E-state index in [2.05, 4.69) is 20.9 Å². The molecular formula is C24H14BrN3O2S2. The monoisotopic (exact) mass is 519 g/mol. The van der Waals surface area contributed by atoms with Crippen molar-refractivity contribution in [3.63, 3.8) is 0 Å². The zero-order valence-corrected chi connectivity index (χ0v) is 19.7. The van der Waals surface area contributed by atoms with Crippen molar-refractivity contribution in [3.8, 4) is 21.7 Å². The lowest BCUT2D eigenvalue weighted by molar-refractivity contribution is 0.389. The van der Waals surface area contributed by atoms with E-state index in [1.165, 1.54) is 22.7 Å². The number of halogens is 1. The minimum absolute atomic E-state index is 0.175. The van der Waals surface area contributed by atoms with E-state index in [0.717, 1.165) is 31.7 Å². The average molecular weight is 520 g/mol. The van der Waals surface area contributed by atoms with Crippen molar-refractivity contribution in [2.75, 3.05) is 0 Å². The Kier molecular flexibility index (Phi) is 4.60. The van der Waals surface area contributed by atoms with Gasteiger partial charge in [0.2, 0.25) is 0 Å². The number of nitrogens with zero attached hydrogens (tertiary/aromatic N) is 3. The summed E-state index contributed by atoms with van der Waals surface area (Å²) in [6, 6.07) is 19.9. The number of allylic oxidation sites excluding steroid dienone is 1. The molecule has 156 valence electrons. The molecule has 0 bridgehead atoms. The number of aromatic nitrogens is 3. The predicted molar refractivity (Wildman–Crippen MR) is 133 cm³/mol. The summed E-state index contributed by atoms with van der Waals surface area (Å²) in [4.78, 5) is 23.0. The molecule has 0 saturated carbocycles. The molecule has 0 atom stereocenters. The first kappa shape index (κ1) is 19.6. The first-order valence-corrected chi connectivity index (χ1v) is 12.3. The Morgan fingerprint density at radius 3 is 2.56 bits per heavy atom. The number of hydrogen-bond acceptors (Lipinski definition) is 6. The van der Waals surface area contributed by atoms with Crippen LogP contribution in [0.15, 0.2) is 81.1 Å². The third-order valence-corrected chi connectivity index (χ3v) is 7.95. The van der Waals surface area contributed by atoms with Crippen LogP contribution in [0.1, 0.15) is 10.8 Å². The zero-order chi connectivity index (χ0) is 21.8. The Balaban J connectivity index is 1.46. The molecule has 5 aromatic rings. The van der Waals surface area contributed by atoms with Crippen molar-refractivity contribution in [2.45, 2.75) is 6.54 Å². The smallest absolute Gasteiger partial charge is 0.291 e. The quantitative estimate of drug-likeness (QED) is 0.301. The number of thiophene rings is 1. The van der Waals surface area contributed by atoms with Crippen molar-refractivity contribution < 1.29 is 5.11 Å². The van der Waals surface area contributed by atoms with E-state index in [4.69, 9.17) is 4.98 Å². The molecule has 0 saturated heterocycles. The number of hydrogen-bond donors (Lipinski definition) is 1. The summed E-state index contributed by atoms with van der Waals surface area (Å²) in [5, 5.41) is 13.4. The van der Waals surface area contributed by atoms with Gasteiger partial charge in [0.1, 0.15) is 15.5 Å². The van der Waals surface area contributed by atoms with E-state index in [9.17, 15) is 9.90 Å². The van der Waals surface area contributed by atoms with Gasteiger partial charge in [0.15, 0.2) is 5.82 Å². The number of aliphatic hydroxyl groups excluding tert-OH is 1. The molecular weight excluding hydrogens is 506 g/mol. The molecule has 0 radical (unpaired) electrons. The second-order valence-corrected chi connectivity index (χ2v) is 10.2. The molecule has 8 heteroatoms. The molecule has 5 nitrogen and oxygen atoms in total. The van der Waals surface area contributed by atoms with Gasteiger partial charge in [0.25, 0.3) is 5.56 Å². The fourth-order valence-corrected chi connectivity index (χ4v) is 6.08. The molecule has 2 aromatic carbocycles. The second-order valence-electron chi connectivity index (χ2n) is 7.38. The van der Waals surface area contributed by atoms with Gasteiger partial charge >= 0.3 is 0 Å².